The number of aromatic nitrogens is 1. The first-order chi connectivity index (χ1) is 9.54. The van der Waals surface area contributed by atoms with E-state index >= 15 is 0 Å². The van der Waals surface area contributed by atoms with E-state index in [0.29, 0.717) is 17.7 Å². The molecule has 1 amide bonds. The largest absolute Gasteiger partial charge is 0.353 e. The molecule has 0 spiro atoms. The van der Waals surface area contributed by atoms with Gasteiger partial charge >= 0.3 is 0 Å². The van der Waals surface area contributed by atoms with Crippen molar-refractivity contribution in [1.29, 1.82) is 0 Å². The summed E-state index contributed by atoms with van der Waals surface area (Å²) in [6.45, 7) is 4.18. The standard InChI is InChI=1S/C14H22N2O2S2/c1-10(2)14-16-12(7-19-14)8-20(18)9-13(17)15-11-5-3-4-6-11/h7,10-11H,3-6,8-9H2,1-2H3,(H,15,17). The summed E-state index contributed by atoms with van der Waals surface area (Å²) < 4.78 is 12.0. The van der Waals surface area contributed by atoms with E-state index in [1.165, 1.54) is 12.8 Å². The van der Waals surface area contributed by atoms with E-state index in [0.717, 1.165) is 23.5 Å². The van der Waals surface area contributed by atoms with Crippen LogP contribution in [0.4, 0.5) is 0 Å². The van der Waals surface area contributed by atoms with Gasteiger partial charge in [-0.05, 0) is 12.8 Å². The monoisotopic (exact) mass is 314 g/mol. The Morgan fingerprint density at radius 1 is 1.50 bits per heavy atom. The summed E-state index contributed by atoms with van der Waals surface area (Å²) in [5.74, 6) is 0.772. The maximum Gasteiger partial charge on any atom is 0.232 e. The summed E-state index contributed by atoms with van der Waals surface area (Å²) in [5.41, 5.74) is 0.839. The van der Waals surface area contributed by atoms with E-state index in [4.69, 9.17) is 0 Å². The summed E-state index contributed by atoms with van der Waals surface area (Å²) in [6, 6.07) is 0.298. The van der Waals surface area contributed by atoms with Crippen LogP contribution in [-0.2, 0) is 21.3 Å². The summed E-state index contributed by atoms with van der Waals surface area (Å²) in [5, 5.41) is 5.98. The third-order valence-electron chi connectivity index (χ3n) is 3.38. The fraction of sp³-hybridized carbons (Fsp3) is 0.714. The molecular weight excluding hydrogens is 292 g/mol. The third-order valence-corrected chi connectivity index (χ3v) is 5.78. The minimum Gasteiger partial charge on any atom is -0.353 e. The van der Waals surface area contributed by atoms with E-state index in [-0.39, 0.29) is 11.7 Å². The fourth-order valence-electron chi connectivity index (χ4n) is 2.36. The first kappa shape index (κ1) is 15.6. The lowest BCUT2D eigenvalue weighted by molar-refractivity contribution is -0.119. The first-order valence-electron chi connectivity index (χ1n) is 7.13. The van der Waals surface area contributed by atoms with Crippen molar-refractivity contribution < 1.29 is 9.00 Å². The maximum absolute atomic E-state index is 12.0. The molecule has 2 rings (SSSR count). The van der Waals surface area contributed by atoms with Crippen molar-refractivity contribution in [2.75, 3.05) is 5.75 Å². The average Bonchev–Trinajstić information content (AvgIpc) is 2.99. The Labute approximate surface area is 126 Å². The smallest absolute Gasteiger partial charge is 0.232 e. The predicted molar refractivity (Wildman–Crippen MR) is 83.3 cm³/mol. The van der Waals surface area contributed by atoms with Gasteiger partial charge in [0.05, 0.1) is 16.5 Å². The van der Waals surface area contributed by atoms with Crippen LogP contribution in [0, 0.1) is 0 Å². The van der Waals surface area contributed by atoms with Crippen molar-refractivity contribution >= 4 is 28.0 Å². The number of rotatable bonds is 6. The fourth-order valence-corrected chi connectivity index (χ4v) is 4.25. The van der Waals surface area contributed by atoms with Crippen LogP contribution >= 0.6 is 11.3 Å². The zero-order valence-electron chi connectivity index (χ0n) is 12.1. The highest BCUT2D eigenvalue weighted by molar-refractivity contribution is 7.84. The van der Waals surface area contributed by atoms with Crippen LogP contribution < -0.4 is 5.32 Å². The minimum atomic E-state index is -1.17. The quantitative estimate of drug-likeness (QED) is 0.878. The van der Waals surface area contributed by atoms with Gasteiger partial charge in [0.1, 0.15) is 5.75 Å². The normalized spacial score (nSPS) is 17.6. The Kier molecular flexibility index (Phi) is 5.72. The number of nitrogens with zero attached hydrogens (tertiary/aromatic N) is 1. The average molecular weight is 314 g/mol. The number of thiazole rings is 1. The zero-order valence-corrected chi connectivity index (χ0v) is 13.7. The molecule has 6 heteroatoms. The summed E-state index contributed by atoms with van der Waals surface area (Å²) in [4.78, 5) is 16.2. The number of hydrogen-bond donors (Lipinski definition) is 1. The topological polar surface area (TPSA) is 59.1 Å². The van der Waals surface area contributed by atoms with Crippen molar-refractivity contribution in [3.8, 4) is 0 Å². The van der Waals surface area contributed by atoms with Gasteiger partial charge in [0, 0.05) is 28.1 Å². The highest BCUT2D eigenvalue weighted by Crippen LogP contribution is 2.20. The molecule has 0 saturated heterocycles. The van der Waals surface area contributed by atoms with E-state index in [1.54, 1.807) is 11.3 Å². The third kappa shape index (κ3) is 4.66. The molecule has 1 fully saturated rings. The molecule has 0 aliphatic heterocycles. The van der Waals surface area contributed by atoms with Gasteiger partial charge in [0.15, 0.2) is 0 Å². The Morgan fingerprint density at radius 3 is 2.80 bits per heavy atom. The molecule has 4 nitrogen and oxygen atoms in total. The Hall–Kier alpha value is -0.750. The van der Waals surface area contributed by atoms with Crippen LogP contribution in [0.1, 0.15) is 56.2 Å². The molecule has 0 radical (unpaired) electrons. The second-order valence-electron chi connectivity index (χ2n) is 5.61. The van der Waals surface area contributed by atoms with Crippen LogP contribution in [-0.4, -0.2) is 26.9 Å². The molecule has 1 saturated carbocycles. The number of nitrogens with one attached hydrogen (secondary N) is 1. The van der Waals surface area contributed by atoms with Crippen LogP contribution in [0.2, 0.25) is 0 Å². The van der Waals surface area contributed by atoms with E-state index in [1.807, 2.05) is 5.38 Å². The zero-order chi connectivity index (χ0) is 14.5. The molecule has 1 aliphatic carbocycles. The van der Waals surface area contributed by atoms with Crippen LogP contribution in [0.15, 0.2) is 5.38 Å². The molecule has 1 unspecified atom stereocenters. The molecule has 112 valence electrons. The van der Waals surface area contributed by atoms with Gasteiger partial charge in [-0.25, -0.2) is 4.98 Å². The van der Waals surface area contributed by atoms with Crippen LogP contribution in [0.3, 0.4) is 0 Å². The molecule has 1 aromatic heterocycles. The van der Waals surface area contributed by atoms with Crippen molar-refractivity contribution in [3.05, 3.63) is 16.1 Å². The van der Waals surface area contributed by atoms with Gasteiger partial charge < -0.3 is 5.32 Å². The maximum atomic E-state index is 12.0. The van der Waals surface area contributed by atoms with E-state index in [9.17, 15) is 9.00 Å². The van der Waals surface area contributed by atoms with Gasteiger partial charge in [-0.2, -0.15) is 0 Å². The Balaban J connectivity index is 1.77. The van der Waals surface area contributed by atoms with Gasteiger partial charge in [0.2, 0.25) is 5.91 Å². The Morgan fingerprint density at radius 2 is 2.20 bits per heavy atom. The Bertz CT molecular complexity index is 479. The minimum absolute atomic E-state index is 0.0883. The molecule has 1 heterocycles. The van der Waals surface area contributed by atoms with E-state index < -0.39 is 10.8 Å². The van der Waals surface area contributed by atoms with Gasteiger partial charge in [-0.1, -0.05) is 26.7 Å². The molecule has 0 aromatic carbocycles. The van der Waals surface area contributed by atoms with Gasteiger partial charge in [-0.15, -0.1) is 11.3 Å². The predicted octanol–water partition coefficient (Wildman–Crippen LogP) is 2.57. The molecule has 1 N–H and O–H groups in total. The number of hydrogen-bond acceptors (Lipinski definition) is 4. The molecular formula is C14H22N2O2S2. The van der Waals surface area contributed by atoms with Crippen LogP contribution in [0.5, 0.6) is 0 Å². The van der Waals surface area contributed by atoms with Crippen molar-refractivity contribution in [1.82, 2.24) is 10.3 Å². The summed E-state index contributed by atoms with van der Waals surface area (Å²) >= 11 is 1.60. The second kappa shape index (κ2) is 7.31. The molecule has 20 heavy (non-hydrogen) atoms. The van der Waals surface area contributed by atoms with Crippen molar-refractivity contribution in [2.45, 2.75) is 57.2 Å². The number of carbonyl (C=O) groups is 1. The lowest BCUT2D eigenvalue weighted by Crippen LogP contribution is -2.35. The van der Waals surface area contributed by atoms with E-state index in [2.05, 4.69) is 24.1 Å². The summed E-state index contributed by atoms with van der Waals surface area (Å²) in [7, 11) is -1.17. The molecule has 1 aromatic rings. The lowest BCUT2D eigenvalue weighted by Gasteiger charge is -2.11. The summed E-state index contributed by atoms with van der Waals surface area (Å²) in [6.07, 6.45) is 4.49. The number of carbonyl (C=O) groups excluding carboxylic acids is 1. The SMILES string of the molecule is CC(C)c1nc(CS(=O)CC(=O)NC2CCCC2)cs1. The first-order valence-corrected chi connectivity index (χ1v) is 9.50. The highest BCUT2D eigenvalue weighted by Gasteiger charge is 2.18. The van der Waals surface area contributed by atoms with Crippen molar-refractivity contribution in [2.24, 2.45) is 0 Å². The molecule has 1 aliphatic rings. The molecule has 1 atom stereocenters. The number of amides is 1. The molecule has 0 bridgehead atoms. The van der Waals surface area contributed by atoms with Crippen molar-refractivity contribution in [3.63, 3.8) is 0 Å². The lowest BCUT2D eigenvalue weighted by atomic mass is 10.2. The highest BCUT2D eigenvalue weighted by atomic mass is 32.2. The van der Waals surface area contributed by atoms with Gasteiger partial charge in [0.25, 0.3) is 0 Å². The van der Waals surface area contributed by atoms with Crippen LogP contribution in [0.25, 0.3) is 0 Å². The van der Waals surface area contributed by atoms with Gasteiger partial charge in [-0.3, -0.25) is 9.00 Å². The second-order valence-corrected chi connectivity index (χ2v) is 7.96.